The standard InChI is InChI=1S/C28H37N5O2/c29-21-24-7-5-8-25(19-24)23-32(27-10-3-1-2-4-11-27)18-17-30-13-15-31(16-14-30)22-26-9-6-12-28(20-26)33(34)35/h5-9,12,19-20,27H,1-4,10-11,13-18,22-23H2. The van der Waals surface area contributed by atoms with Crippen LogP contribution in [-0.4, -0.2) is 64.9 Å². The van der Waals surface area contributed by atoms with Crippen LogP contribution in [0.5, 0.6) is 0 Å². The molecule has 1 saturated heterocycles. The maximum Gasteiger partial charge on any atom is 0.269 e. The monoisotopic (exact) mass is 475 g/mol. The number of nitrogens with zero attached hydrogens (tertiary/aromatic N) is 5. The topological polar surface area (TPSA) is 76.7 Å². The summed E-state index contributed by atoms with van der Waals surface area (Å²) in [6.45, 7) is 7.79. The van der Waals surface area contributed by atoms with Crippen LogP contribution in [-0.2, 0) is 13.1 Å². The minimum absolute atomic E-state index is 0.167. The van der Waals surface area contributed by atoms with E-state index in [1.807, 2.05) is 24.3 Å². The summed E-state index contributed by atoms with van der Waals surface area (Å²) in [6, 6.07) is 18.0. The normalized spacial score (nSPS) is 18.3. The van der Waals surface area contributed by atoms with Crippen LogP contribution < -0.4 is 0 Å². The highest BCUT2D eigenvalue weighted by molar-refractivity contribution is 5.34. The number of nitriles is 1. The van der Waals surface area contributed by atoms with E-state index in [1.165, 1.54) is 44.1 Å². The van der Waals surface area contributed by atoms with Gasteiger partial charge in [0.05, 0.1) is 16.6 Å². The van der Waals surface area contributed by atoms with Gasteiger partial charge in [-0.3, -0.25) is 24.8 Å². The summed E-state index contributed by atoms with van der Waals surface area (Å²) in [5, 5.41) is 20.4. The highest BCUT2D eigenvalue weighted by atomic mass is 16.6. The van der Waals surface area contributed by atoms with E-state index in [0.29, 0.717) is 6.04 Å². The first-order valence-electron chi connectivity index (χ1n) is 13.0. The molecule has 1 aliphatic carbocycles. The molecule has 0 N–H and O–H groups in total. The van der Waals surface area contributed by atoms with Gasteiger partial charge in [0, 0.05) is 70.5 Å². The van der Waals surface area contributed by atoms with Crippen molar-refractivity contribution in [3.63, 3.8) is 0 Å². The summed E-state index contributed by atoms with van der Waals surface area (Å²) >= 11 is 0. The fourth-order valence-electron chi connectivity index (χ4n) is 5.45. The zero-order valence-electron chi connectivity index (χ0n) is 20.6. The van der Waals surface area contributed by atoms with Gasteiger partial charge in [0.15, 0.2) is 0 Å². The third-order valence-electron chi connectivity index (χ3n) is 7.48. The molecule has 1 heterocycles. The Balaban J connectivity index is 1.31. The van der Waals surface area contributed by atoms with E-state index in [2.05, 4.69) is 26.8 Å². The van der Waals surface area contributed by atoms with Gasteiger partial charge in [0.2, 0.25) is 0 Å². The first kappa shape index (κ1) is 25.3. The van der Waals surface area contributed by atoms with Crippen LogP contribution in [0.15, 0.2) is 48.5 Å². The summed E-state index contributed by atoms with van der Waals surface area (Å²) in [7, 11) is 0. The van der Waals surface area contributed by atoms with Crippen LogP contribution in [0, 0.1) is 21.4 Å². The molecule has 35 heavy (non-hydrogen) atoms. The molecule has 1 saturated carbocycles. The van der Waals surface area contributed by atoms with Gasteiger partial charge in [-0.25, -0.2) is 0 Å². The Hall–Kier alpha value is -2.79. The average Bonchev–Trinajstić information content (AvgIpc) is 3.17. The van der Waals surface area contributed by atoms with Crippen LogP contribution in [0.1, 0.15) is 55.2 Å². The first-order chi connectivity index (χ1) is 17.1. The minimum atomic E-state index is -0.321. The summed E-state index contributed by atoms with van der Waals surface area (Å²) in [5.74, 6) is 0. The second-order valence-electron chi connectivity index (χ2n) is 9.97. The fourth-order valence-corrected chi connectivity index (χ4v) is 5.45. The van der Waals surface area contributed by atoms with Crippen LogP contribution in [0.3, 0.4) is 0 Å². The first-order valence-corrected chi connectivity index (χ1v) is 13.0. The summed E-state index contributed by atoms with van der Waals surface area (Å²) < 4.78 is 0. The van der Waals surface area contributed by atoms with Crippen LogP contribution in [0.25, 0.3) is 0 Å². The second-order valence-corrected chi connectivity index (χ2v) is 9.97. The van der Waals surface area contributed by atoms with Crippen LogP contribution in [0.4, 0.5) is 5.69 Å². The zero-order chi connectivity index (χ0) is 24.5. The van der Waals surface area contributed by atoms with Gasteiger partial charge in [-0.1, -0.05) is 49.9 Å². The molecule has 2 aromatic carbocycles. The Morgan fingerprint density at radius 3 is 2.34 bits per heavy atom. The van der Waals surface area contributed by atoms with Gasteiger partial charge in [-0.15, -0.1) is 0 Å². The lowest BCUT2D eigenvalue weighted by Gasteiger charge is -2.37. The Labute approximate surface area is 209 Å². The third kappa shape index (κ3) is 7.60. The largest absolute Gasteiger partial charge is 0.300 e. The predicted molar refractivity (Wildman–Crippen MR) is 138 cm³/mol. The lowest BCUT2D eigenvalue weighted by molar-refractivity contribution is -0.384. The van der Waals surface area contributed by atoms with Crippen molar-refractivity contribution in [3.8, 4) is 6.07 Å². The van der Waals surface area contributed by atoms with E-state index in [9.17, 15) is 15.4 Å². The second kappa shape index (κ2) is 12.8. The highest BCUT2D eigenvalue weighted by Crippen LogP contribution is 2.24. The Morgan fingerprint density at radius 1 is 0.943 bits per heavy atom. The summed E-state index contributed by atoms with van der Waals surface area (Å²) in [4.78, 5) is 18.4. The molecule has 0 aromatic heterocycles. The summed E-state index contributed by atoms with van der Waals surface area (Å²) in [5.41, 5.74) is 3.14. The van der Waals surface area contributed by atoms with Crippen molar-refractivity contribution in [1.29, 1.82) is 5.26 Å². The Bertz CT molecular complexity index is 1000. The molecule has 0 spiro atoms. The molecule has 4 rings (SSSR count). The number of nitro benzene ring substituents is 1. The third-order valence-corrected chi connectivity index (χ3v) is 7.48. The van der Waals surface area contributed by atoms with Gasteiger partial charge in [0.1, 0.15) is 0 Å². The maximum absolute atomic E-state index is 11.1. The quantitative estimate of drug-likeness (QED) is 0.294. The maximum atomic E-state index is 11.1. The number of non-ortho nitro benzene ring substituents is 1. The van der Waals surface area contributed by atoms with Crippen molar-refractivity contribution < 1.29 is 4.92 Å². The minimum Gasteiger partial charge on any atom is -0.300 e. The van der Waals surface area contributed by atoms with Crippen molar-refractivity contribution in [3.05, 3.63) is 75.3 Å². The average molecular weight is 476 g/mol. The lowest BCUT2D eigenvalue weighted by Crippen LogP contribution is -2.49. The molecular formula is C28H37N5O2. The molecule has 2 fully saturated rings. The van der Waals surface area contributed by atoms with E-state index < -0.39 is 0 Å². The smallest absolute Gasteiger partial charge is 0.269 e. The summed E-state index contributed by atoms with van der Waals surface area (Å²) in [6.07, 6.45) is 7.87. The van der Waals surface area contributed by atoms with E-state index >= 15 is 0 Å². The lowest BCUT2D eigenvalue weighted by atomic mass is 10.0. The van der Waals surface area contributed by atoms with Crippen LogP contribution >= 0.6 is 0 Å². The number of piperazine rings is 1. The van der Waals surface area contributed by atoms with E-state index in [4.69, 9.17) is 0 Å². The molecule has 186 valence electrons. The van der Waals surface area contributed by atoms with E-state index in [-0.39, 0.29) is 10.6 Å². The Morgan fingerprint density at radius 2 is 1.63 bits per heavy atom. The van der Waals surface area contributed by atoms with E-state index in [0.717, 1.165) is 63.5 Å². The fraction of sp³-hybridized carbons (Fsp3) is 0.536. The molecule has 7 nitrogen and oxygen atoms in total. The van der Waals surface area contributed by atoms with Gasteiger partial charge in [0.25, 0.3) is 5.69 Å². The van der Waals surface area contributed by atoms with Gasteiger partial charge >= 0.3 is 0 Å². The SMILES string of the molecule is N#Cc1cccc(CN(CCN2CCN(Cc3cccc([N+](=O)[O-])c3)CC2)C2CCCCCC2)c1. The number of rotatable bonds is 9. The predicted octanol–water partition coefficient (Wildman–Crippen LogP) is 4.81. The number of hydrogen-bond acceptors (Lipinski definition) is 6. The molecule has 2 aromatic rings. The number of hydrogen-bond donors (Lipinski definition) is 0. The Kier molecular flexibility index (Phi) is 9.24. The zero-order valence-corrected chi connectivity index (χ0v) is 20.6. The molecule has 1 aliphatic heterocycles. The molecule has 0 unspecified atom stereocenters. The molecule has 0 radical (unpaired) electrons. The van der Waals surface area contributed by atoms with Gasteiger partial charge < -0.3 is 0 Å². The molecule has 7 heteroatoms. The van der Waals surface area contributed by atoms with Crippen molar-refractivity contribution in [2.75, 3.05) is 39.3 Å². The number of nitro groups is 1. The van der Waals surface area contributed by atoms with Crippen molar-refractivity contribution in [2.24, 2.45) is 0 Å². The highest BCUT2D eigenvalue weighted by Gasteiger charge is 2.23. The van der Waals surface area contributed by atoms with Crippen LogP contribution in [0.2, 0.25) is 0 Å². The van der Waals surface area contributed by atoms with Gasteiger partial charge in [-0.2, -0.15) is 5.26 Å². The number of benzene rings is 2. The van der Waals surface area contributed by atoms with E-state index in [1.54, 1.807) is 18.2 Å². The molecule has 0 bridgehead atoms. The van der Waals surface area contributed by atoms with Crippen molar-refractivity contribution in [2.45, 2.75) is 57.7 Å². The van der Waals surface area contributed by atoms with Crippen molar-refractivity contribution >= 4 is 5.69 Å². The van der Waals surface area contributed by atoms with Gasteiger partial charge in [-0.05, 0) is 36.1 Å². The molecule has 0 amide bonds. The van der Waals surface area contributed by atoms with Crippen molar-refractivity contribution in [1.82, 2.24) is 14.7 Å². The molecule has 2 aliphatic rings. The molecular weight excluding hydrogens is 438 g/mol. The molecule has 0 atom stereocenters.